The lowest BCUT2D eigenvalue weighted by Gasteiger charge is -2.14. The van der Waals surface area contributed by atoms with Gasteiger partial charge in [0.15, 0.2) is 5.65 Å². The number of aromatic nitrogens is 7. The largest absolute Gasteiger partial charge is 0.489 e. The van der Waals surface area contributed by atoms with Gasteiger partial charge in [-0.15, -0.1) is 10.2 Å². The SMILES string of the molecule is CC(C)CCc1c(-c2ccc(OCc3ccccc3)cc2)cnc2c(-c3nn[nH]n3)cnn12. The van der Waals surface area contributed by atoms with Gasteiger partial charge >= 0.3 is 0 Å². The van der Waals surface area contributed by atoms with Crippen LogP contribution >= 0.6 is 0 Å². The summed E-state index contributed by atoms with van der Waals surface area (Å²) in [6.45, 7) is 5.00. The molecule has 0 atom stereocenters. The molecule has 0 aliphatic carbocycles. The Bertz CT molecular complexity index is 1330. The number of fused-ring (bicyclic) bond motifs is 1. The summed E-state index contributed by atoms with van der Waals surface area (Å²) in [4.78, 5) is 4.71. The first kappa shape index (κ1) is 20.8. The Balaban J connectivity index is 1.47. The Morgan fingerprint density at radius 2 is 1.79 bits per heavy atom. The predicted octanol–water partition coefficient (Wildman–Crippen LogP) is 4.74. The average molecular weight is 440 g/mol. The number of nitrogens with zero attached hydrogens (tertiary/aromatic N) is 6. The number of aromatic amines is 1. The molecule has 0 saturated carbocycles. The van der Waals surface area contributed by atoms with Gasteiger partial charge in [-0.25, -0.2) is 9.50 Å². The molecule has 0 radical (unpaired) electrons. The van der Waals surface area contributed by atoms with Crippen LogP contribution in [0.15, 0.2) is 67.0 Å². The zero-order valence-electron chi connectivity index (χ0n) is 18.6. The van der Waals surface area contributed by atoms with Crippen molar-refractivity contribution in [3.63, 3.8) is 0 Å². The first-order valence-electron chi connectivity index (χ1n) is 11.1. The number of H-pyrrole nitrogens is 1. The first-order valence-corrected chi connectivity index (χ1v) is 11.1. The molecule has 5 rings (SSSR count). The summed E-state index contributed by atoms with van der Waals surface area (Å²) in [6, 6.07) is 18.3. The van der Waals surface area contributed by atoms with Crippen molar-refractivity contribution in [3.05, 3.63) is 78.2 Å². The summed E-state index contributed by atoms with van der Waals surface area (Å²) in [7, 11) is 0. The quantitative estimate of drug-likeness (QED) is 0.375. The molecule has 8 heteroatoms. The van der Waals surface area contributed by atoms with E-state index in [1.54, 1.807) is 6.20 Å². The van der Waals surface area contributed by atoms with Crippen molar-refractivity contribution in [1.29, 1.82) is 0 Å². The van der Waals surface area contributed by atoms with Crippen LogP contribution in [0.2, 0.25) is 0 Å². The van der Waals surface area contributed by atoms with E-state index in [2.05, 4.69) is 63.8 Å². The van der Waals surface area contributed by atoms with Gasteiger partial charge in [0.2, 0.25) is 5.82 Å². The van der Waals surface area contributed by atoms with Gasteiger partial charge in [-0.2, -0.15) is 10.3 Å². The van der Waals surface area contributed by atoms with Crippen LogP contribution in [0, 0.1) is 5.92 Å². The molecule has 0 amide bonds. The smallest absolute Gasteiger partial charge is 0.210 e. The van der Waals surface area contributed by atoms with Gasteiger partial charge in [0.1, 0.15) is 12.4 Å². The average Bonchev–Trinajstić information content (AvgIpc) is 3.52. The molecule has 3 heterocycles. The van der Waals surface area contributed by atoms with Crippen molar-refractivity contribution >= 4 is 5.65 Å². The van der Waals surface area contributed by atoms with Crippen LogP contribution < -0.4 is 4.74 Å². The van der Waals surface area contributed by atoms with Crippen molar-refractivity contribution in [2.24, 2.45) is 5.92 Å². The molecule has 0 aliphatic heterocycles. The van der Waals surface area contributed by atoms with Crippen molar-refractivity contribution in [1.82, 2.24) is 35.2 Å². The van der Waals surface area contributed by atoms with E-state index in [1.165, 1.54) is 0 Å². The Morgan fingerprint density at radius 3 is 2.52 bits per heavy atom. The summed E-state index contributed by atoms with van der Waals surface area (Å²) < 4.78 is 7.86. The molecule has 0 saturated heterocycles. The number of aryl methyl sites for hydroxylation is 1. The van der Waals surface area contributed by atoms with Crippen LogP contribution in [0.1, 0.15) is 31.5 Å². The standard InChI is InChI=1S/C25H25N7O/c1-17(2)8-13-23-21(14-26-25-22(15-27-32(23)25)24-28-30-31-29-24)19-9-11-20(12-10-19)33-16-18-6-4-3-5-7-18/h3-7,9-12,14-15,17H,8,13,16H2,1-2H3,(H,28,29,30,31). The number of benzene rings is 2. The molecule has 33 heavy (non-hydrogen) atoms. The molecule has 0 spiro atoms. The Morgan fingerprint density at radius 1 is 0.970 bits per heavy atom. The fourth-order valence-corrected chi connectivity index (χ4v) is 3.79. The van der Waals surface area contributed by atoms with Gasteiger partial charge in [-0.3, -0.25) is 0 Å². The topological polar surface area (TPSA) is 93.9 Å². The second-order valence-corrected chi connectivity index (χ2v) is 8.38. The summed E-state index contributed by atoms with van der Waals surface area (Å²) >= 11 is 0. The zero-order chi connectivity index (χ0) is 22.6. The number of nitrogens with one attached hydrogen (secondary N) is 1. The highest BCUT2D eigenvalue weighted by molar-refractivity contribution is 5.75. The lowest BCUT2D eigenvalue weighted by molar-refractivity contribution is 0.306. The number of rotatable bonds is 8. The third-order valence-corrected chi connectivity index (χ3v) is 5.58. The molecular formula is C25H25N7O. The summed E-state index contributed by atoms with van der Waals surface area (Å²) in [5, 5.41) is 19.0. The summed E-state index contributed by atoms with van der Waals surface area (Å²) in [6.07, 6.45) is 5.58. The molecule has 5 aromatic rings. The van der Waals surface area contributed by atoms with Gasteiger partial charge in [0.25, 0.3) is 0 Å². The van der Waals surface area contributed by atoms with Crippen molar-refractivity contribution < 1.29 is 4.74 Å². The minimum Gasteiger partial charge on any atom is -0.489 e. The molecule has 0 aliphatic rings. The Hall–Kier alpha value is -4.07. The van der Waals surface area contributed by atoms with E-state index in [1.807, 2.05) is 41.0 Å². The highest BCUT2D eigenvalue weighted by atomic mass is 16.5. The van der Waals surface area contributed by atoms with Gasteiger partial charge in [-0.1, -0.05) is 56.3 Å². The highest BCUT2D eigenvalue weighted by Crippen LogP contribution is 2.30. The number of hydrogen-bond acceptors (Lipinski definition) is 6. The third kappa shape index (κ3) is 4.45. The number of tetrazole rings is 1. The van der Waals surface area contributed by atoms with Gasteiger partial charge in [0, 0.05) is 11.8 Å². The second-order valence-electron chi connectivity index (χ2n) is 8.38. The molecule has 1 N–H and O–H groups in total. The Labute approximate surface area is 191 Å². The van der Waals surface area contributed by atoms with Crippen LogP contribution in [0.25, 0.3) is 28.2 Å². The van der Waals surface area contributed by atoms with Gasteiger partial charge in [-0.05, 0) is 47.2 Å². The normalized spacial score (nSPS) is 11.4. The maximum Gasteiger partial charge on any atom is 0.210 e. The van der Waals surface area contributed by atoms with Crippen LogP contribution in [0.4, 0.5) is 0 Å². The van der Waals surface area contributed by atoms with E-state index < -0.39 is 0 Å². The number of ether oxygens (including phenoxy) is 1. The van der Waals surface area contributed by atoms with Crippen molar-refractivity contribution in [3.8, 4) is 28.3 Å². The molecule has 166 valence electrons. The van der Waals surface area contributed by atoms with E-state index in [0.29, 0.717) is 18.3 Å². The minimum atomic E-state index is 0.486. The van der Waals surface area contributed by atoms with Crippen LogP contribution in [0.3, 0.4) is 0 Å². The molecular weight excluding hydrogens is 414 g/mol. The monoisotopic (exact) mass is 439 g/mol. The van der Waals surface area contributed by atoms with E-state index >= 15 is 0 Å². The van der Waals surface area contributed by atoms with E-state index in [9.17, 15) is 0 Å². The predicted molar refractivity (Wildman–Crippen MR) is 126 cm³/mol. The molecule has 2 aromatic carbocycles. The van der Waals surface area contributed by atoms with Gasteiger partial charge in [0.05, 0.1) is 17.5 Å². The zero-order valence-corrected chi connectivity index (χ0v) is 18.6. The fraction of sp³-hybridized carbons (Fsp3) is 0.240. The molecule has 0 bridgehead atoms. The van der Waals surface area contributed by atoms with Crippen molar-refractivity contribution in [2.75, 3.05) is 0 Å². The molecule has 0 fully saturated rings. The van der Waals surface area contributed by atoms with Crippen LogP contribution in [-0.4, -0.2) is 35.2 Å². The molecule has 3 aromatic heterocycles. The van der Waals surface area contributed by atoms with E-state index in [0.717, 1.165) is 52.2 Å². The van der Waals surface area contributed by atoms with E-state index in [-0.39, 0.29) is 0 Å². The molecule has 0 unspecified atom stereocenters. The van der Waals surface area contributed by atoms with Gasteiger partial charge < -0.3 is 4.74 Å². The fourth-order valence-electron chi connectivity index (χ4n) is 3.79. The van der Waals surface area contributed by atoms with E-state index in [4.69, 9.17) is 9.72 Å². The van der Waals surface area contributed by atoms with Crippen molar-refractivity contribution in [2.45, 2.75) is 33.3 Å². The first-order chi connectivity index (χ1) is 16.2. The maximum absolute atomic E-state index is 5.95. The highest BCUT2D eigenvalue weighted by Gasteiger charge is 2.18. The van der Waals surface area contributed by atoms with Crippen LogP contribution in [0.5, 0.6) is 5.75 Å². The minimum absolute atomic E-state index is 0.486. The number of hydrogen-bond donors (Lipinski definition) is 1. The lowest BCUT2D eigenvalue weighted by Crippen LogP contribution is -2.05. The second kappa shape index (κ2) is 9.20. The maximum atomic E-state index is 5.95. The summed E-state index contributed by atoms with van der Waals surface area (Å²) in [5.74, 6) is 1.89. The third-order valence-electron chi connectivity index (χ3n) is 5.58. The van der Waals surface area contributed by atoms with Crippen LogP contribution in [-0.2, 0) is 13.0 Å². The summed E-state index contributed by atoms with van der Waals surface area (Å²) in [5.41, 5.74) is 5.87. The lowest BCUT2D eigenvalue weighted by atomic mass is 9.99. The molecule has 8 nitrogen and oxygen atoms in total. The Kier molecular flexibility index (Phi) is 5.80.